The highest BCUT2D eigenvalue weighted by atomic mass is 16.6. The number of allylic oxidation sites excluding steroid dienone is 1. The van der Waals surface area contributed by atoms with Crippen LogP contribution in [0.3, 0.4) is 0 Å². The molecule has 0 radical (unpaired) electrons. The fraction of sp³-hybridized carbons (Fsp3) is 0.400. The van der Waals surface area contributed by atoms with Crippen molar-refractivity contribution in [1.82, 2.24) is 10.2 Å². The highest BCUT2D eigenvalue weighted by molar-refractivity contribution is 5.63. The van der Waals surface area contributed by atoms with Crippen LogP contribution in [0.15, 0.2) is 23.6 Å². The lowest BCUT2D eigenvalue weighted by Gasteiger charge is -2.24. The van der Waals surface area contributed by atoms with Gasteiger partial charge >= 0.3 is 5.69 Å². The van der Waals surface area contributed by atoms with Gasteiger partial charge in [-0.1, -0.05) is 26.2 Å². The number of aromatic amines is 1. The highest BCUT2D eigenvalue weighted by Gasteiger charge is 2.37. The Bertz CT molecular complexity index is 1040. The summed E-state index contributed by atoms with van der Waals surface area (Å²) in [5.41, 5.74) is 7.29. The number of nitro groups is 1. The van der Waals surface area contributed by atoms with Gasteiger partial charge in [0.05, 0.1) is 18.0 Å². The minimum atomic E-state index is -0.744. The largest absolute Gasteiger partial charge is 0.500 e. The fourth-order valence-corrected chi connectivity index (χ4v) is 3.64. The number of H-pyrrole nitrogens is 1. The van der Waals surface area contributed by atoms with Gasteiger partial charge in [0, 0.05) is 17.3 Å². The summed E-state index contributed by atoms with van der Waals surface area (Å²) in [4.78, 5) is 10.7. The average molecular weight is 413 g/mol. The van der Waals surface area contributed by atoms with E-state index in [-0.39, 0.29) is 23.1 Å². The van der Waals surface area contributed by atoms with E-state index in [1.165, 1.54) is 19.2 Å². The smallest absolute Gasteiger partial charge is 0.314 e. The average Bonchev–Trinajstić information content (AvgIpc) is 3.12. The van der Waals surface area contributed by atoms with Crippen LogP contribution in [0.1, 0.15) is 55.3 Å². The van der Waals surface area contributed by atoms with Crippen molar-refractivity contribution >= 4 is 5.69 Å². The molecule has 4 N–H and O–H groups in total. The van der Waals surface area contributed by atoms with Crippen LogP contribution in [0, 0.1) is 21.4 Å². The summed E-state index contributed by atoms with van der Waals surface area (Å²) < 4.78 is 10.6. The van der Waals surface area contributed by atoms with Crippen LogP contribution in [0.5, 0.6) is 17.4 Å². The molecular formula is C20H23N5O5. The number of nitrogens with one attached hydrogen (secondary N) is 1. The maximum absolute atomic E-state index is 11.5. The molecule has 1 aliphatic rings. The highest BCUT2D eigenvalue weighted by Crippen LogP contribution is 2.47. The molecule has 10 nitrogen and oxygen atoms in total. The summed E-state index contributed by atoms with van der Waals surface area (Å²) in [5, 5.41) is 38.4. The van der Waals surface area contributed by atoms with Gasteiger partial charge in [0.1, 0.15) is 11.6 Å². The second-order valence-electron chi connectivity index (χ2n) is 7.00. The SMILES string of the molecule is CCCCCCc1[nH]nc2c1C(c1cc(OC)c(O)c([N+](=O)[O-])c1)C(C#N)=C(N)O2. The van der Waals surface area contributed by atoms with Gasteiger partial charge in [-0.3, -0.25) is 15.2 Å². The van der Waals surface area contributed by atoms with Gasteiger partial charge < -0.3 is 20.3 Å². The molecule has 10 heteroatoms. The predicted molar refractivity (Wildman–Crippen MR) is 107 cm³/mol. The number of nitrogens with zero attached hydrogens (tertiary/aromatic N) is 3. The molecule has 1 unspecified atom stereocenters. The number of hydrogen-bond donors (Lipinski definition) is 3. The molecule has 0 amide bonds. The standard InChI is InChI=1S/C20H23N5O5/c1-3-4-5-6-7-13-17-16(12(10-21)19(22)30-20(17)24-23-13)11-8-14(25(27)28)18(26)15(9-11)29-2/h8-9,16,26H,3-7,22H2,1-2H3,(H,23,24). The van der Waals surface area contributed by atoms with E-state index >= 15 is 0 Å². The van der Waals surface area contributed by atoms with Crippen molar-refractivity contribution in [3.8, 4) is 23.4 Å². The van der Waals surface area contributed by atoms with E-state index in [9.17, 15) is 20.5 Å². The normalized spacial score (nSPS) is 15.3. The lowest BCUT2D eigenvalue weighted by Crippen LogP contribution is -2.21. The molecule has 3 rings (SSSR count). The van der Waals surface area contributed by atoms with Gasteiger partial charge in [-0.2, -0.15) is 5.26 Å². The fourth-order valence-electron chi connectivity index (χ4n) is 3.64. The number of fused-ring (bicyclic) bond motifs is 1. The molecule has 2 heterocycles. The zero-order chi connectivity index (χ0) is 21.8. The Morgan fingerprint density at radius 1 is 1.43 bits per heavy atom. The zero-order valence-corrected chi connectivity index (χ0v) is 16.8. The minimum Gasteiger partial charge on any atom is -0.500 e. The number of ether oxygens (including phenoxy) is 2. The summed E-state index contributed by atoms with van der Waals surface area (Å²) in [7, 11) is 1.30. The molecule has 1 aromatic heterocycles. The summed E-state index contributed by atoms with van der Waals surface area (Å²) in [6.45, 7) is 2.12. The van der Waals surface area contributed by atoms with E-state index in [0.717, 1.165) is 31.4 Å². The van der Waals surface area contributed by atoms with Crippen molar-refractivity contribution in [3.63, 3.8) is 0 Å². The molecule has 2 aromatic rings. The first-order chi connectivity index (χ1) is 14.4. The molecule has 1 atom stereocenters. The van der Waals surface area contributed by atoms with Crippen LogP contribution in [-0.4, -0.2) is 27.3 Å². The number of rotatable bonds is 8. The van der Waals surface area contributed by atoms with Crippen molar-refractivity contribution in [2.24, 2.45) is 5.73 Å². The summed E-state index contributed by atoms with van der Waals surface area (Å²) in [6.07, 6.45) is 4.83. The van der Waals surface area contributed by atoms with Gasteiger partial charge in [-0.15, -0.1) is 5.10 Å². The number of nitriles is 1. The summed E-state index contributed by atoms with van der Waals surface area (Å²) >= 11 is 0. The first-order valence-corrected chi connectivity index (χ1v) is 9.62. The number of aromatic hydroxyl groups is 1. The molecule has 0 spiro atoms. The van der Waals surface area contributed by atoms with Crippen LogP contribution in [0.4, 0.5) is 5.69 Å². The number of unbranched alkanes of at least 4 members (excludes halogenated alkanes) is 3. The number of phenols is 1. The second kappa shape index (κ2) is 8.73. The minimum absolute atomic E-state index is 0.0731. The summed E-state index contributed by atoms with van der Waals surface area (Å²) in [5.74, 6) is -1.28. The molecule has 0 bridgehead atoms. The van der Waals surface area contributed by atoms with Crippen LogP contribution < -0.4 is 15.2 Å². The van der Waals surface area contributed by atoms with E-state index in [0.29, 0.717) is 17.5 Å². The Hall–Kier alpha value is -3.74. The Morgan fingerprint density at radius 3 is 2.83 bits per heavy atom. The van der Waals surface area contributed by atoms with E-state index in [1.54, 1.807) is 0 Å². The van der Waals surface area contributed by atoms with Crippen molar-refractivity contribution in [2.45, 2.75) is 44.9 Å². The van der Waals surface area contributed by atoms with Gasteiger partial charge in [-0.05, 0) is 24.5 Å². The number of phenolic OH excluding ortho intramolecular Hbond substituents is 1. The molecule has 0 aliphatic carbocycles. The molecule has 30 heavy (non-hydrogen) atoms. The number of benzene rings is 1. The molecule has 1 aliphatic heterocycles. The molecule has 0 saturated carbocycles. The van der Waals surface area contributed by atoms with Gasteiger partial charge in [0.2, 0.25) is 17.5 Å². The van der Waals surface area contributed by atoms with E-state index in [2.05, 4.69) is 23.2 Å². The molecule has 1 aromatic carbocycles. The predicted octanol–water partition coefficient (Wildman–Crippen LogP) is 3.37. The van der Waals surface area contributed by atoms with Crippen molar-refractivity contribution < 1.29 is 19.5 Å². The van der Waals surface area contributed by atoms with Gasteiger partial charge in [0.15, 0.2) is 5.75 Å². The number of aryl methyl sites for hydroxylation is 1. The number of methoxy groups -OCH3 is 1. The quantitative estimate of drug-likeness (QED) is 0.337. The first kappa shape index (κ1) is 21.0. The third-order valence-electron chi connectivity index (χ3n) is 5.13. The third kappa shape index (κ3) is 3.74. The lowest BCUT2D eigenvalue weighted by molar-refractivity contribution is -0.386. The van der Waals surface area contributed by atoms with Gasteiger partial charge in [0.25, 0.3) is 0 Å². The Labute approximate surface area is 173 Å². The molecular weight excluding hydrogens is 390 g/mol. The lowest BCUT2D eigenvalue weighted by atomic mass is 9.83. The first-order valence-electron chi connectivity index (χ1n) is 9.62. The second-order valence-corrected chi connectivity index (χ2v) is 7.00. The van der Waals surface area contributed by atoms with E-state index < -0.39 is 22.3 Å². The van der Waals surface area contributed by atoms with Crippen molar-refractivity contribution in [2.75, 3.05) is 7.11 Å². The molecule has 0 saturated heterocycles. The monoisotopic (exact) mass is 413 g/mol. The van der Waals surface area contributed by atoms with Crippen molar-refractivity contribution in [3.05, 3.63) is 50.5 Å². The number of nitro benzene ring substituents is 1. The van der Waals surface area contributed by atoms with Crippen LogP contribution in [0.2, 0.25) is 0 Å². The van der Waals surface area contributed by atoms with Gasteiger partial charge in [-0.25, -0.2) is 0 Å². The maximum atomic E-state index is 11.5. The van der Waals surface area contributed by atoms with Crippen LogP contribution >= 0.6 is 0 Å². The van der Waals surface area contributed by atoms with E-state index in [4.69, 9.17) is 15.2 Å². The number of hydrogen-bond acceptors (Lipinski definition) is 8. The number of aromatic nitrogens is 2. The molecule has 0 fully saturated rings. The van der Waals surface area contributed by atoms with Crippen LogP contribution in [-0.2, 0) is 6.42 Å². The Kier molecular flexibility index (Phi) is 6.11. The maximum Gasteiger partial charge on any atom is 0.314 e. The van der Waals surface area contributed by atoms with Crippen LogP contribution in [0.25, 0.3) is 0 Å². The number of nitrogens with two attached hydrogens (primary N) is 1. The third-order valence-corrected chi connectivity index (χ3v) is 5.13. The molecule has 158 valence electrons. The Balaban J connectivity index is 2.14. The zero-order valence-electron chi connectivity index (χ0n) is 16.8. The topological polar surface area (TPSA) is 160 Å². The van der Waals surface area contributed by atoms with E-state index in [1.807, 2.05) is 0 Å². The summed E-state index contributed by atoms with van der Waals surface area (Å²) in [6, 6.07) is 4.73. The van der Waals surface area contributed by atoms with Crippen molar-refractivity contribution in [1.29, 1.82) is 5.26 Å². The Morgan fingerprint density at radius 2 is 2.20 bits per heavy atom.